The van der Waals surface area contributed by atoms with Crippen LogP contribution in [-0.2, 0) is 0 Å². The number of halogens is 2. The van der Waals surface area contributed by atoms with Crippen molar-refractivity contribution in [1.82, 2.24) is 0 Å². The highest BCUT2D eigenvalue weighted by atomic mass is 79.9. The van der Waals surface area contributed by atoms with Gasteiger partial charge in [0.25, 0.3) is 0 Å². The minimum atomic E-state index is 0.738. The Morgan fingerprint density at radius 2 is 1.71 bits per heavy atom. The van der Waals surface area contributed by atoms with Crippen molar-refractivity contribution >= 4 is 43.2 Å². The van der Waals surface area contributed by atoms with Crippen molar-refractivity contribution in [1.29, 1.82) is 0 Å². The molecule has 0 fully saturated rings. The highest BCUT2D eigenvalue weighted by Crippen LogP contribution is 2.38. The molecule has 1 aromatic carbocycles. The molecular formula is C20H26Br2OS. The molecule has 1 aromatic heterocycles. The summed E-state index contributed by atoms with van der Waals surface area (Å²) >= 11 is 8.84. The highest BCUT2D eigenvalue weighted by molar-refractivity contribution is 9.12. The van der Waals surface area contributed by atoms with E-state index in [4.69, 9.17) is 4.74 Å². The number of thiophene rings is 1. The lowest BCUT2D eigenvalue weighted by Gasteiger charge is -2.13. The fourth-order valence-corrected chi connectivity index (χ4v) is 5.53. The van der Waals surface area contributed by atoms with Crippen LogP contribution in [0.25, 0.3) is 11.1 Å². The second-order valence-corrected chi connectivity index (χ2v) is 10.6. The van der Waals surface area contributed by atoms with Gasteiger partial charge in [-0.15, -0.1) is 11.3 Å². The van der Waals surface area contributed by atoms with Gasteiger partial charge in [-0.3, -0.25) is 0 Å². The van der Waals surface area contributed by atoms with E-state index in [1.807, 2.05) is 0 Å². The lowest BCUT2D eigenvalue weighted by Crippen LogP contribution is -2.04. The lowest BCUT2D eigenvalue weighted by atomic mass is 9.98. The second kappa shape index (κ2) is 9.98. The Bertz CT molecular complexity index is 619. The lowest BCUT2D eigenvalue weighted by molar-refractivity contribution is 0.276. The SMILES string of the molecule is CC(C)CCCC(C)CCOc1ccc(-c2cc(Br)sc2Br)cc1. The van der Waals surface area contributed by atoms with E-state index >= 15 is 0 Å². The Hall–Kier alpha value is -0.320. The summed E-state index contributed by atoms with van der Waals surface area (Å²) in [4.78, 5) is 0. The first-order valence-electron chi connectivity index (χ1n) is 8.63. The number of hydrogen-bond donors (Lipinski definition) is 0. The van der Waals surface area contributed by atoms with Crippen LogP contribution in [0.5, 0.6) is 5.75 Å². The summed E-state index contributed by atoms with van der Waals surface area (Å²) in [5.74, 6) is 2.51. The third-order valence-electron chi connectivity index (χ3n) is 4.18. The fourth-order valence-electron chi connectivity index (χ4n) is 2.66. The largest absolute Gasteiger partial charge is 0.494 e. The van der Waals surface area contributed by atoms with E-state index in [9.17, 15) is 0 Å². The number of ether oxygens (including phenoxy) is 1. The van der Waals surface area contributed by atoms with E-state index in [0.717, 1.165) is 38.2 Å². The van der Waals surface area contributed by atoms with Crippen LogP contribution >= 0.6 is 43.2 Å². The van der Waals surface area contributed by atoms with Crippen LogP contribution < -0.4 is 4.74 Å². The molecule has 1 nitrogen and oxygen atoms in total. The maximum absolute atomic E-state index is 5.91. The van der Waals surface area contributed by atoms with E-state index in [1.54, 1.807) is 11.3 Å². The van der Waals surface area contributed by atoms with Crippen LogP contribution in [0.3, 0.4) is 0 Å². The molecule has 0 aliphatic carbocycles. The van der Waals surface area contributed by atoms with Crippen LogP contribution in [0.1, 0.15) is 46.5 Å². The van der Waals surface area contributed by atoms with Crippen LogP contribution in [0.2, 0.25) is 0 Å². The van der Waals surface area contributed by atoms with Crippen molar-refractivity contribution in [2.45, 2.75) is 46.5 Å². The van der Waals surface area contributed by atoms with Gasteiger partial charge in [-0.1, -0.05) is 52.2 Å². The molecule has 0 saturated carbocycles. The Labute approximate surface area is 167 Å². The van der Waals surface area contributed by atoms with E-state index in [1.165, 1.54) is 30.4 Å². The number of rotatable bonds is 9. The fraction of sp³-hybridized carbons (Fsp3) is 0.500. The van der Waals surface area contributed by atoms with E-state index in [2.05, 4.69) is 83.0 Å². The Kier molecular flexibility index (Phi) is 8.32. The molecule has 1 heterocycles. The van der Waals surface area contributed by atoms with Gasteiger partial charge in [0.2, 0.25) is 0 Å². The standard InChI is InChI=1S/C20H26Br2OS/c1-14(2)5-4-6-15(3)11-12-23-17-9-7-16(8-10-17)18-13-19(21)24-20(18)22/h7-10,13-15H,4-6,11-12H2,1-3H3. The van der Waals surface area contributed by atoms with Gasteiger partial charge >= 0.3 is 0 Å². The predicted octanol–water partition coefficient (Wildman–Crippen LogP) is 8.17. The van der Waals surface area contributed by atoms with Gasteiger partial charge in [0.1, 0.15) is 5.75 Å². The smallest absolute Gasteiger partial charge is 0.119 e. The summed E-state index contributed by atoms with van der Waals surface area (Å²) in [5.41, 5.74) is 2.43. The molecule has 2 rings (SSSR count). The summed E-state index contributed by atoms with van der Waals surface area (Å²) < 4.78 is 8.20. The quantitative estimate of drug-likeness (QED) is 0.356. The molecule has 1 unspecified atom stereocenters. The summed E-state index contributed by atoms with van der Waals surface area (Å²) in [6.07, 6.45) is 5.10. The van der Waals surface area contributed by atoms with Crippen molar-refractivity contribution in [3.8, 4) is 16.9 Å². The number of hydrogen-bond acceptors (Lipinski definition) is 2. The van der Waals surface area contributed by atoms with Gasteiger partial charge < -0.3 is 4.74 Å². The third kappa shape index (κ3) is 6.53. The van der Waals surface area contributed by atoms with Crippen molar-refractivity contribution < 1.29 is 4.74 Å². The highest BCUT2D eigenvalue weighted by Gasteiger charge is 2.08. The summed E-state index contributed by atoms with van der Waals surface area (Å²) in [6, 6.07) is 10.5. The van der Waals surface area contributed by atoms with Gasteiger partial charge in [0.15, 0.2) is 0 Å². The molecule has 0 bridgehead atoms. The van der Waals surface area contributed by atoms with Crippen molar-refractivity contribution in [3.05, 3.63) is 37.9 Å². The third-order valence-corrected chi connectivity index (χ3v) is 6.52. The van der Waals surface area contributed by atoms with Crippen LogP contribution in [0.15, 0.2) is 37.9 Å². The molecule has 24 heavy (non-hydrogen) atoms. The zero-order chi connectivity index (χ0) is 17.5. The molecule has 4 heteroatoms. The first kappa shape index (κ1) is 20.0. The normalized spacial score (nSPS) is 12.6. The molecule has 2 aromatic rings. The molecule has 0 amide bonds. The van der Waals surface area contributed by atoms with Gasteiger partial charge in [-0.2, -0.15) is 0 Å². The maximum Gasteiger partial charge on any atom is 0.119 e. The van der Waals surface area contributed by atoms with Crippen LogP contribution in [0, 0.1) is 11.8 Å². The minimum Gasteiger partial charge on any atom is -0.494 e. The van der Waals surface area contributed by atoms with Gasteiger partial charge in [0.05, 0.1) is 14.2 Å². The number of benzene rings is 1. The molecule has 0 aliphatic rings. The average Bonchev–Trinajstić information content (AvgIpc) is 2.86. The van der Waals surface area contributed by atoms with Gasteiger partial charge in [-0.25, -0.2) is 0 Å². The molecule has 0 radical (unpaired) electrons. The monoisotopic (exact) mass is 472 g/mol. The first-order valence-corrected chi connectivity index (χ1v) is 11.0. The topological polar surface area (TPSA) is 9.23 Å². The van der Waals surface area contributed by atoms with Gasteiger partial charge in [-0.05, 0) is 73.9 Å². The molecular weight excluding hydrogens is 448 g/mol. The minimum absolute atomic E-state index is 0.738. The average molecular weight is 474 g/mol. The molecule has 132 valence electrons. The Morgan fingerprint density at radius 1 is 1.00 bits per heavy atom. The van der Waals surface area contributed by atoms with E-state index in [0.29, 0.717) is 0 Å². The molecule has 0 saturated heterocycles. The Balaban J connectivity index is 1.77. The zero-order valence-electron chi connectivity index (χ0n) is 14.6. The van der Waals surface area contributed by atoms with E-state index < -0.39 is 0 Å². The summed E-state index contributed by atoms with van der Waals surface area (Å²) in [6.45, 7) is 7.73. The van der Waals surface area contributed by atoms with Crippen LogP contribution in [0.4, 0.5) is 0 Å². The zero-order valence-corrected chi connectivity index (χ0v) is 18.6. The van der Waals surface area contributed by atoms with Crippen LogP contribution in [-0.4, -0.2) is 6.61 Å². The maximum atomic E-state index is 5.91. The molecule has 0 N–H and O–H groups in total. The molecule has 1 atom stereocenters. The molecule has 0 aliphatic heterocycles. The predicted molar refractivity (Wildman–Crippen MR) is 113 cm³/mol. The summed E-state index contributed by atoms with van der Waals surface area (Å²) in [5, 5.41) is 0. The molecule has 0 spiro atoms. The second-order valence-electron chi connectivity index (χ2n) is 6.83. The first-order chi connectivity index (χ1) is 11.5. The Morgan fingerprint density at radius 3 is 2.29 bits per heavy atom. The van der Waals surface area contributed by atoms with Crippen molar-refractivity contribution in [2.75, 3.05) is 6.61 Å². The van der Waals surface area contributed by atoms with Gasteiger partial charge in [0, 0.05) is 5.56 Å². The van der Waals surface area contributed by atoms with Crippen molar-refractivity contribution in [2.24, 2.45) is 11.8 Å². The van der Waals surface area contributed by atoms with E-state index in [-0.39, 0.29) is 0 Å². The van der Waals surface area contributed by atoms with Crippen molar-refractivity contribution in [3.63, 3.8) is 0 Å². The summed E-state index contributed by atoms with van der Waals surface area (Å²) in [7, 11) is 0.